The molecule has 3 nitrogen and oxygen atoms in total. The highest BCUT2D eigenvalue weighted by Crippen LogP contribution is 2.42. The summed E-state index contributed by atoms with van der Waals surface area (Å²) < 4.78 is 25.2. The summed E-state index contributed by atoms with van der Waals surface area (Å²) in [5.74, 6) is 0.356. The molecular weight excluding hydrogens is 337 g/mol. The first-order valence-electron chi connectivity index (χ1n) is 8.07. The molecule has 0 spiro atoms. The molecule has 130 valence electrons. The summed E-state index contributed by atoms with van der Waals surface area (Å²) in [6, 6.07) is 12.3. The van der Waals surface area contributed by atoms with Crippen molar-refractivity contribution in [1.82, 2.24) is 5.48 Å². The zero-order chi connectivity index (χ0) is 18.0. The van der Waals surface area contributed by atoms with E-state index >= 15 is 0 Å². The number of allylic oxidation sites excluding steroid dienone is 2. The summed E-state index contributed by atoms with van der Waals surface area (Å²) in [5.41, 5.74) is 7.46. The molecule has 0 heterocycles. The molecule has 1 unspecified atom stereocenters. The molecule has 3 rings (SSSR count). The normalized spacial score (nSPS) is 16.2. The lowest BCUT2D eigenvalue weighted by molar-refractivity contribution is 0.163. The van der Waals surface area contributed by atoms with Crippen molar-refractivity contribution in [3.63, 3.8) is 0 Å². The van der Waals surface area contributed by atoms with Crippen LogP contribution in [0.15, 0.2) is 52.9 Å². The lowest BCUT2D eigenvalue weighted by atomic mass is 10.0. The number of halogens is 1. The Hall–Kier alpha value is -2.24. The topological polar surface area (TPSA) is 38.3 Å². The Morgan fingerprint density at radius 1 is 1.16 bits per heavy atom. The molecule has 1 N–H and O–H groups in total. The zero-order valence-corrected chi connectivity index (χ0v) is 15.2. The maximum absolute atomic E-state index is 13.7. The first kappa shape index (κ1) is 17.6. The molecule has 5 heteroatoms. The third-order valence-corrected chi connectivity index (χ3v) is 5.04. The fraction of sp³-hybridized carbons (Fsp3) is 0.200. The fourth-order valence-electron chi connectivity index (χ4n) is 2.85. The predicted molar refractivity (Wildman–Crippen MR) is 100 cm³/mol. The third kappa shape index (κ3) is 3.57. The summed E-state index contributed by atoms with van der Waals surface area (Å²) in [7, 11) is -0.997. The Morgan fingerprint density at radius 2 is 1.88 bits per heavy atom. The second kappa shape index (κ2) is 7.33. The molecule has 1 aliphatic carbocycles. The van der Waals surface area contributed by atoms with Gasteiger partial charge in [0.25, 0.3) is 0 Å². The van der Waals surface area contributed by atoms with Crippen LogP contribution in [0.5, 0.6) is 0 Å². The minimum absolute atomic E-state index is 0.292. The monoisotopic (exact) mass is 357 g/mol. The molecule has 0 bridgehead atoms. The van der Waals surface area contributed by atoms with Gasteiger partial charge in [0.1, 0.15) is 5.82 Å². The summed E-state index contributed by atoms with van der Waals surface area (Å²) >= 11 is 0. The van der Waals surface area contributed by atoms with Crippen LogP contribution < -0.4 is 5.48 Å². The van der Waals surface area contributed by atoms with Crippen LogP contribution >= 0.6 is 0 Å². The van der Waals surface area contributed by atoms with Gasteiger partial charge in [-0.25, -0.2) is 4.39 Å². The number of hydroxylamine groups is 1. The van der Waals surface area contributed by atoms with E-state index in [1.54, 1.807) is 12.3 Å². The third-order valence-electron chi connectivity index (χ3n) is 4.10. The molecule has 0 aliphatic heterocycles. The second-order valence-corrected chi connectivity index (χ2v) is 7.20. The van der Waals surface area contributed by atoms with Crippen LogP contribution in [-0.4, -0.2) is 17.0 Å². The minimum Gasteiger partial charge on any atom is -0.408 e. The summed E-state index contributed by atoms with van der Waals surface area (Å²) in [5, 5.41) is 0. The Bertz CT molecular complexity index is 885. The van der Waals surface area contributed by atoms with Gasteiger partial charge in [0.05, 0.1) is 0 Å². The lowest BCUT2D eigenvalue weighted by Gasteiger charge is -2.08. The van der Waals surface area contributed by atoms with Crippen LogP contribution in [0.2, 0.25) is 0 Å². The van der Waals surface area contributed by atoms with E-state index in [1.165, 1.54) is 12.1 Å². The number of hydrogen-bond acceptors (Lipinski definition) is 3. The molecular formula is C20H20FNO2S. The van der Waals surface area contributed by atoms with Crippen LogP contribution in [0.4, 0.5) is 4.39 Å². The smallest absolute Gasteiger partial charge is 0.158 e. The minimum atomic E-state index is -0.997. The van der Waals surface area contributed by atoms with Crippen LogP contribution in [0, 0.1) is 5.82 Å². The zero-order valence-electron chi connectivity index (χ0n) is 14.4. The van der Waals surface area contributed by atoms with Crippen molar-refractivity contribution in [2.24, 2.45) is 0 Å². The molecule has 2 aromatic carbocycles. The van der Waals surface area contributed by atoms with Crippen LogP contribution in [0.3, 0.4) is 0 Å². The number of fused-ring (bicyclic) bond motifs is 1. The SMILES string of the molecule is CCNOC1=C(C)/C(=C\c2ccc(S(C)=O)cc2)c2ccc(F)cc21. The van der Waals surface area contributed by atoms with Crippen LogP contribution in [0.25, 0.3) is 17.4 Å². The van der Waals surface area contributed by atoms with E-state index < -0.39 is 10.8 Å². The number of benzene rings is 2. The van der Waals surface area contributed by atoms with Gasteiger partial charge in [-0.1, -0.05) is 18.2 Å². The van der Waals surface area contributed by atoms with Gasteiger partial charge >= 0.3 is 0 Å². The molecule has 25 heavy (non-hydrogen) atoms. The second-order valence-electron chi connectivity index (χ2n) is 5.83. The van der Waals surface area contributed by atoms with E-state index in [2.05, 4.69) is 5.48 Å². The molecule has 1 aliphatic rings. The van der Waals surface area contributed by atoms with Gasteiger partial charge in [-0.2, -0.15) is 5.48 Å². The highest BCUT2D eigenvalue weighted by molar-refractivity contribution is 7.84. The van der Waals surface area contributed by atoms with Gasteiger partial charge in [-0.3, -0.25) is 4.21 Å². The van der Waals surface area contributed by atoms with Gasteiger partial charge in [0.15, 0.2) is 5.76 Å². The van der Waals surface area contributed by atoms with Crippen molar-refractivity contribution < 1.29 is 13.4 Å². The van der Waals surface area contributed by atoms with E-state index in [1.807, 2.05) is 44.2 Å². The van der Waals surface area contributed by atoms with Crippen molar-refractivity contribution in [1.29, 1.82) is 0 Å². The summed E-state index contributed by atoms with van der Waals surface area (Å²) in [4.78, 5) is 6.44. The molecule has 0 fully saturated rings. The fourth-order valence-corrected chi connectivity index (χ4v) is 3.37. The van der Waals surface area contributed by atoms with E-state index in [4.69, 9.17) is 4.84 Å². The molecule has 0 radical (unpaired) electrons. The maximum atomic E-state index is 13.7. The number of nitrogens with one attached hydrogen (secondary N) is 1. The van der Waals surface area contributed by atoms with Crippen molar-refractivity contribution in [3.05, 3.63) is 70.5 Å². The molecule has 0 aromatic heterocycles. The van der Waals surface area contributed by atoms with Gasteiger partial charge in [-0.15, -0.1) is 0 Å². The van der Waals surface area contributed by atoms with Gasteiger partial charge < -0.3 is 4.84 Å². The Kier molecular flexibility index (Phi) is 5.16. The van der Waals surface area contributed by atoms with Crippen molar-refractivity contribution in [2.45, 2.75) is 18.7 Å². The quantitative estimate of drug-likeness (QED) is 0.807. The van der Waals surface area contributed by atoms with Crippen molar-refractivity contribution in [3.8, 4) is 0 Å². The van der Waals surface area contributed by atoms with Crippen molar-refractivity contribution in [2.75, 3.05) is 12.8 Å². The van der Waals surface area contributed by atoms with Crippen molar-refractivity contribution >= 4 is 28.2 Å². The molecule has 0 saturated carbocycles. The summed E-state index contributed by atoms with van der Waals surface area (Å²) in [6.45, 7) is 4.55. The van der Waals surface area contributed by atoms with E-state index in [0.717, 1.165) is 32.7 Å². The molecule has 0 amide bonds. The molecule has 1 atom stereocenters. The highest BCUT2D eigenvalue weighted by Gasteiger charge is 2.26. The average molecular weight is 357 g/mol. The number of hydrogen-bond donors (Lipinski definition) is 1. The van der Waals surface area contributed by atoms with Crippen LogP contribution in [-0.2, 0) is 15.6 Å². The lowest BCUT2D eigenvalue weighted by Crippen LogP contribution is -2.12. The van der Waals surface area contributed by atoms with E-state index in [-0.39, 0.29) is 5.82 Å². The number of rotatable bonds is 5. The first-order valence-corrected chi connectivity index (χ1v) is 9.63. The van der Waals surface area contributed by atoms with Crippen LogP contribution in [0.1, 0.15) is 30.5 Å². The van der Waals surface area contributed by atoms with E-state index in [9.17, 15) is 8.60 Å². The first-order chi connectivity index (χ1) is 12.0. The van der Waals surface area contributed by atoms with Gasteiger partial charge in [-0.05, 0) is 60.9 Å². The molecule has 0 saturated heterocycles. The Labute approximate surface area is 149 Å². The predicted octanol–water partition coefficient (Wildman–Crippen LogP) is 4.39. The van der Waals surface area contributed by atoms with Gasteiger partial charge in [0, 0.05) is 39.6 Å². The van der Waals surface area contributed by atoms with E-state index in [0.29, 0.717) is 12.3 Å². The highest BCUT2D eigenvalue weighted by atomic mass is 32.2. The maximum Gasteiger partial charge on any atom is 0.158 e. The van der Waals surface area contributed by atoms with Gasteiger partial charge in [0.2, 0.25) is 0 Å². The largest absolute Gasteiger partial charge is 0.408 e. The summed E-state index contributed by atoms with van der Waals surface area (Å²) in [6.07, 6.45) is 3.70. The Balaban J connectivity index is 2.05. The Morgan fingerprint density at radius 3 is 2.52 bits per heavy atom. The standard InChI is InChI=1S/C20H20FNO2S/c1-4-22-24-20-13(2)18(17-10-7-15(21)12-19(17)20)11-14-5-8-16(9-6-14)25(3)23/h5-12,22H,4H2,1-3H3/b18-11+. The molecule has 2 aromatic rings. The average Bonchev–Trinajstić information content (AvgIpc) is 2.84.